The second kappa shape index (κ2) is 2.85. The highest BCUT2D eigenvalue weighted by Crippen LogP contribution is 2.18. The van der Waals surface area contributed by atoms with Crippen molar-refractivity contribution < 1.29 is 9.90 Å². The molecule has 0 saturated heterocycles. The summed E-state index contributed by atoms with van der Waals surface area (Å²) in [6, 6.07) is 5.06. The normalized spacial score (nSPS) is 10.5. The van der Waals surface area contributed by atoms with Gasteiger partial charge in [0.25, 0.3) is 0 Å². The Morgan fingerprint density at radius 2 is 2.23 bits per heavy atom. The molecule has 0 saturated carbocycles. The lowest BCUT2D eigenvalue weighted by atomic mass is 10.3. The number of rotatable bonds is 1. The smallest absolute Gasteiger partial charge is 0.338 e. The molecule has 0 aliphatic rings. The standard InChI is InChI=1S/C8H5BrN2O2/c9-7-6(8(12)13)2-1-5-3-4-10-11(5)7/h1-4H,(H,12,13). The van der Waals surface area contributed by atoms with E-state index in [1.54, 1.807) is 24.4 Å². The van der Waals surface area contributed by atoms with Gasteiger partial charge in [-0.05, 0) is 34.1 Å². The molecule has 0 bridgehead atoms. The van der Waals surface area contributed by atoms with Gasteiger partial charge in [0.05, 0.1) is 17.3 Å². The maximum absolute atomic E-state index is 10.7. The van der Waals surface area contributed by atoms with Gasteiger partial charge in [-0.15, -0.1) is 0 Å². The van der Waals surface area contributed by atoms with Crippen molar-refractivity contribution in [2.75, 3.05) is 0 Å². The van der Waals surface area contributed by atoms with Crippen molar-refractivity contribution >= 4 is 27.4 Å². The third-order valence-electron chi connectivity index (χ3n) is 1.73. The Hall–Kier alpha value is -1.36. The number of hydrogen-bond donors (Lipinski definition) is 1. The molecule has 0 spiro atoms. The van der Waals surface area contributed by atoms with Crippen molar-refractivity contribution in [1.82, 2.24) is 9.61 Å². The average molecular weight is 241 g/mol. The van der Waals surface area contributed by atoms with Gasteiger partial charge in [-0.3, -0.25) is 0 Å². The summed E-state index contributed by atoms with van der Waals surface area (Å²) < 4.78 is 1.99. The number of carboxylic acids is 1. The summed E-state index contributed by atoms with van der Waals surface area (Å²) >= 11 is 3.18. The molecule has 0 radical (unpaired) electrons. The van der Waals surface area contributed by atoms with Crippen molar-refractivity contribution in [2.24, 2.45) is 0 Å². The molecule has 0 aliphatic heterocycles. The number of nitrogens with zero attached hydrogens (tertiary/aromatic N) is 2. The number of hydrogen-bond acceptors (Lipinski definition) is 2. The first-order valence-electron chi connectivity index (χ1n) is 3.55. The molecule has 0 unspecified atom stereocenters. The van der Waals surface area contributed by atoms with Crippen LogP contribution in [0.2, 0.25) is 0 Å². The maximum atomic E-state index is 10.7. The molecule has 0 amide bonds. The molecule has 4 nitrogen and oxygen atoms in total. The largest absolute Gasteiger partial charge is 0.478 e. The van der Waals surface area contributed by atoms with Crippen LogP contribution in [0.25, 0.3) is 5.52 Å². The highest BCUT2D eigenvalue weighted by Gasteiger charge is 2.10. The second-order valence-corrected chi connectivity index (χ2v) is 3.26. The van der Waals surface area contributed by atoms with Crippen LogP contribution in [0, 0.1) is 0 Å². The molecule has 1 N–H and O–H groups in total. The number of carboxylic acid groups (broad SMARTS) is 1. The zero-order chi connectivity index (χ0) is 9.42. The van der Waals surface area contributed by atoms with Crippen LogP contribution >= 0.6 is 15.9 Å². The van der Waals surface area contributed by atoms with Gasteiger partial charge in [0.1, 0.15) is 4.60 Å². The second-order valence-electron chi connectivity index (χ2n) is 2.51. The predicted octanol–water partition coefficient (Wildman–Crippen LogP) is 1.79. The Balaban J connectivity index is 2.80. The van der Waals surface area contributed by atoms with Gasteiger partial charge >= 0.3 is 5.97 Å². The molecule has 2 aromatic rings. The fourth-order valence-corrected chi connectivity index (χ4v) is 1.71. The first kappa shape index (κ1) is 8.25. The molecule has 0 aromatic carbocycles. The summed E-state index contributed by atoms with van der Waals surface area (Å²) in [6.45, 7) is 0. The van der Waals surface area contributed by atoms with Crippen LogP contribution in [-0.4, -0.2) is 20.7 Å². The van der Waals surface area contributed by atoms with E-state index in [4.69, 9.17) is 5.11 Å². The van der Waals surface area contributed by atoms with Gasteiger partial charge in [0.15, 0.2) is 0 Å². The maximum Gasteiger partial charge on any atom is 0.338 e. The van der Waals surface area contributed by atoms with Gasteiger partial charge in [-0.1, -0.05) is 0 Å². The molecule has 2 aromatic heterocycles. The van der Waals surface area contributed by atoms with Crippen molar-refractivity contribution in [1.29, 1.82) is 0 Å². The molecule has 0 fully saturated rings. The van der Waals surface area contributed by atoms with E-state index in [0.29, 0.717) is 4.60 Å². The van der Waals surface area contributed by atoms with Crippen LogP contribution in [0.1, 0.15) is 10.4 Å². The molecule has 2 rings (SSSR count). The summed E-state index contributed by atoms with van der Waals surface area (Å²) in [4.78, 5) is 10.7. The summed E-state index contributed by atoms with van der Waals surface area (Å²) in [7, 11) is 0. The molecule has 0 aliphatic carbocycles. The topological polar surface area (TPSA) is 54.6 Å². The van der Waals surface area contributed by atoms with Crippen LogP contribution in [0.4, 0.5) is 0 Å². The van der Waals surface area contributed by atoms with Crippen LogP contribution in [0.5, 0.6) is 0 Å². The predicted molar refractivity (Wildman–Crippen MR) is 49.9 cm³/mol. The third-order valence-corrected chi connectivity index (χ3v) is 2.49. The minimum absolute atomic E-state index is 0.205. The van der Waals surface area contributed by atoms with E-state index in [1.165, 1.54) is 4.52 Å². The Bertz CT molecular complexity index is 478. The number of fused-ring (bicyclic) bond motifs is 1. The van der Waals surface area contributed by atoms with E-state index in [1.807, 2.05) is 0 Å². The summed E-state index contributed by atoms with van der Waals surface area (Å²) in [5, 5.41) is 12.8. The SMILES string of the molecule is O=C(O)c1ccc2ccnn2c1Br. The van der Waals surface area contributed by atoms with E-state index in [-0.39, 0.29) is 5.56 Å². The molecular formula is C8H5BrN2O2. The van der Waals surface area contributed by atoms with Crippen molar-refractivity contribution in [3.05, 3.63) is 34.6 Å². The Kier molecular flexibility index (Phi) is 1.81. The first-order valence-corrected chi connectivity index (χ1v) is 4.35. The van der Waals surface area contributed by atoms with Crippen LogP contribution < -0.4 is 0 Å². The molecule has 2 heterocycles. The number of pyridine rings is 1. The van der Waals surface area contributed by atoms with Crippen LogP contribution in [0.3, 0.4) is 0 Å². The number of carbonyl (C=O) groups is 1. The molecule has 0 atom stereocenters. The van der Waals surface area contributed by atoms with E-state index < -0.39 is 5.97 Å². The number of aromatic nitrogens is 2. The fourth-order valence-electron chi connectivity index (χ4n) is 1.11. The van der Waals surface area contributed by atoms with Gasteiger partial charge in [-0.25, -0.2) is 9.31 Å². The van der Waals surface area contributed by atoms with Crippen molar-refractivity contribution in [3.63, 3.8) is 0 Å². The van der Waals surface area contributed by atoms with E-state index in [0.717, 1.165) is 5.52 Å². The van der Waals surface area contributed by atoms with Crippen LogP contribution in [-0.2, 0) is 0 Å². The van der Waals surface area contributed by atoms with Crippen molar-refractivity contribution in [3.8, 4) is 0 Å². The Morgan fingerprint density at radius 1 is 1.46 bits per heavy atom. The van der Waals surface area contributed by atoms with E-state index in [9.17, 15) is 4.79 Å². The zero-order valence-electron chi connectivity index (χ0n) is 6.44. The highest BCUT2D eigenvalue weighted by atomic mass is 79.9. The Morgan fingerprint density at radius 3 is 2.92 bits per heavy atom. The fraction of sp³-hybridized carbons (Fsp3) is 0. The molecule has 5 heteroatoms. The summed E-state index contributed by atoms with van der Waals surface area (Å²) in [5.41, 5.74) is 1.06. The summed E-state index contributed by atoms with van der Waals surface area (Å²) in [6.07, 6.45) is 1.62. The number of halogens is 1. The van der Waals surface area contributed by atoms with Gasteiger partial charge < -0.3 is 5.11 Å². The summed E-state index contributed by atoms with van der Waals surface area (Å²) in [5.74, 6) is -0.968. The van der Waals surface area contributed by atoms with Crippen molar-refractivity contribution in [2.45, 2.75) is 0 Å². The number of aromatic carboxylic acids is 1. The Labute approximate surface area is 81.9 Å². The first-order chi connectivity index (χ1) is 6.20. The van der Waals surface area contributed by atoms with Crippen LogP contribution in [0.15, 0.2) is 29.0 Å². The van der Waals surface area contributed by atoms with E-state index >= 15 is 0 Å². The van der Waals surface area contributed by atoms with Gasteiger partial charge in [0.2, 0.25) is 0 Å². The quantitative estimate of drug-likeness (QED) is 0.774. The van der Waals surface area contributed by atoms with E-state index in [2.05, 4.69) is 21.0 Å². The molecule has 66 valence electrons. The lowest BCUT2D eigenvalue weighted by Gasteiger charge is -2.00. The molecule has 13 heavy (non-hydrogen) atoms. The lowest BCUT2D eigenvalue weighted by molar-refractivity contribution is 0.0695. The van der Waals surface area contributed by atoms with Gasteiger partial charge in [0, 0.05) is 0 Å². The third kappa shape index (κ3) is 1.21. The lowest BCUT2D eigenvalue weighted by Crippen LogP contribution is -2.02. The average Bonchev–Trinajstić information content (AvgIpc) is 2.52. The molecular weight excluding hydrogens is 236 g/mol. The minimum Gasteiger partial charge on any atom is -0.478 e. The minimum atomic E-state index is -0.968. The monoisotopic (exact) mass is 240 g/mol. The zero-order valence-corrected chi connectivity index (χ0v) is 8.02. The van der Waals surface area contributed by atoms with Gasteiger partial charge in [-0.2, -0.15) is 5.10 Å². The highest BCUT2D eigenvalue weighted by molar-refractivity contribution is 9.10.